The quantitative estimate of drug-likeness (QED) is 0.233. The van der Waals surface area contributed by atoms with E-state index in [4.69, 9.17) is 0 Å². The molecule has 3 amide bonds. The molecule has 2 aliphatic carbocycles. The van der Waals surface area contributed by atoms with Crippen molar-refractivity contribution < 1.29 is 14.4 Å². The van der Waals surface area contributed by atoms with Crippen molar-refractivity contribution in [3.8, 4) is 0 Å². The minimum absolute atomic E-state index is 0.103. The fourth-order valence-corrected chi connectivity index (χ4v) is 8.35. The average Bonchev–Trinajstić information content (AvgIpc) is 3.37. The third kappa shape index (κ3) is 5.10. The molecule has 1 aromatic rings. The average molecular weight is 526 g/mol. The minimum Gasteiger partial charge on any atom is -0.322 e. The zero-order valence-electron chi connectivity index (χ0n) is 22.7. The smallest absolute Gasteiger partial charge is 0.255 e. The Morgan fingerprint density at radius 3 is 2.57 bits per heavy atom. The Morgan fingerprint density at radius 2 is 1.84 bits per heavy atom. The molecule has 0 spiro atoms. The lowest BCUT2D eigenvalue weighted by Gasteiger charge is -2.39. The summed E-state index contributed by atoms with van der Waals surface area (Å²) < 4.78 is 0. The Hall–Kier alpha value is -1.86. The van der Waals surface area contributed by atoms with E-state index < -0.39 is 6.04 Å². The van der Waals surface area contributed by atoms with Crippen LogP contribution >= 0.6 is 11.8 Å². The van der Waals surface area contributed by atoms with Crippen molar-refractivity contribution in [1.82, 2.24) is 15.5 Å². The number of nitrogens with one attached hydrogen (secondary N) is 2. The fourth-order valence-electron chi connectivity index (χ4n) is 7.38. The van der Waals surface area contributed by atoms with Crippen molar-refractivity contribution >= 4 is 29.5 Å². The number of amides is 3. The second-order valence-corrected chi connectivity index (χ2v) is 13.6. The zero-order chi connectivity index (χ0) is 26.2. The summed E-state index contributed by atoms with van der Waals surface area (Å²) in [6, 6.07) is 6.19. The van der Waals surface area contributed by atoms with Crippen LogP contribution in [-0.4, -0.2) is 47.0 Å². The minimum atomic E-state index is -0.549. The molecule has 202 valence electrons. The summed E-state index contributed by atoms with van der Waals surface area (Å²) in [5, 5.41) is 6.28. The van der Waals surface area contributed by atoms with Crippen molar-refractivity contribution in [3.63, 3.8) is 0 Å². The Morgan fingerprint density at radius 1 is 1.05 bits per heavy atom. The Kier molecular flexibility index (Phi) is 7.75. The van der Waals surface area contributed by atoms with E-state index in [1.165, 1.54) is 56.3 Å². The van der Waals surface area contributed by atoms with E-state index in [0.29, 0.717) is 35.4 Å². The molecule has 4 atom stereocenters. The van der Waals surface area contributed by atoms with Crippen LogP contribution in [0.4, 0.5) is 0 Å². The monoisotopic (exact) mass is 525 g/mol. The van der Waals surface area contributed by atoms with Gasteiger partial charge in [-0.2, -0.15) is 0 Å². The van der Waals surface area contributed by atoms with Gasteiger partial charge in [0.05, 0.1) is 0 Å². The summed E-state index contributed by atoms with van der Waals surface area (Å²) in [6.07, 6.45) is 11.2. The molecule has 1 aromatic carbocycles. The van der Waals surface area contributed by atoms with Gasteiger partial charge in [0.2, 0.25) is 11.8 Å². The van der Waals surface area contributed by atoms with Gasteiger partial charge in [-0.05, 0) is 91.3 Å². The van der Waals surface area contributed by atoms with Crippen LogP contribution in [0.15, 0.2) is 23.1 Å². The number of imide groups is 1. The number of carbonyl (C=O) groups is 3. The lowest BCUT2D eigenvalue weighted by Crippen LogP contribution is -2.52. The number of thioether (sulfide) groups is 1. The van der Waals surface area contributed by atoms with E-state index in [9.17, 15) is 14.4 Å². The largest absolute Gasteiger partial charge is 0.322 e. The van der Waals surface area contributed by atoms with Crippen molar-refractivity contribution in [3.05, 3.63) is 29.3 Å². The second kappa shape index (κ2) is 10.7. The van der Waals surface area contributed by atoms with Crippen LogP contribution in [0.3, 0.4) is 0 Å². The van der Waals surface area contributed by atoms with Gasteiger partial charge < -0.3 is 10.2 Å². The molecule has 7 heteroatoms. The van der Waals surface area contributed by atoms with Crippen LogP contribution in [0.1, 0.15) is 101 Å². The normalized spacial score (nSPS) is 30.2. The molecule has 4 aliphatic rings. The number of carbonyl (C=O) groups excluding carboxylic acids is 3. The van der Waals surface area contributed by atoms with Gasteiger partial charge in [-0.1, -0.05) is 40.0 Å². The standard InChI is InChI=1S/C30H43N3O3S/c1-29(2)21-13-14-30(29,3)25(18-21)31-15-7-5-4-6-8-16-37-22-9-10-23-20(17-22)19-33(28(23)36)24-11-12-26(34)32-27(24)35/h9-10,17,21,24-25,31H,4-8,11-16,18-19H2,1-3H3,(H,32,34,35)/t21-,24?,25+,30+/m1/s1. The van der Waals surface area contributed by atoms with Gasteiger partial charge in [-0.15, -0.1) is 11.8 Å². The number of benzene rings is 1. The first-order chi connectivity index (χ1) is 17.7. The van der Waals surface area contributed by atoms with Gasteiger partial charge >= 0.3 is 0 Å². The van der Waals surface area contributed by atoms with Crippen molar-refractivity contribution in [1.29, 1.82) is 0 Å². The molecular weight excluding hydrogens is 482 g/mol. The van der Waals surface area contributed by atoms with Crippen LogP contribution in [0.2, 0.25) is 0 Å². The molecule has 2 bridgehead atoms. The Balaban J connectivity index is 0.971. The lowest BCUT2D eigenvalue weighted by molar-refractivity contribution is -0.136. The van der Waals surface area contributed by atoms with Crippen molar-refractivity contribution in [2.75, 3.05) is 12.3 Å². The zero-order valence-corrected chi connectivity index (χ0v) is 23.6. The third-order valence-corrected chi connectivity index (χ3v) is 11.3. The number of rotatable bonds is 11. The second-order valence-electron chi connectivity index (χ2n) is 12.5. The topological polar surface area (TPSA) is 78.5 Å². The van der Waals surface area contributed by atoms with E-state index in [1.54, 1.807) is 4.90 Å². The summed E-state index contributed by atoms with van der Waals surface area (Å²) in [7, 11) is 0. The number of piperidine rings is 1. The highest BCUT2D eigenvalue weighted by atomic mass is 32.2. The van der Waals surface area contributed by atoms with Gasteiger partial charge in [-0.3, -0.25) is 19.7 Å². The van der Waals surface area contributed by atoms with Crippen molar-refractivity contribution in [2.45, 2.75) is 109 Å². The third-order valence-electron chi connectivity index (χ3n) is 10.3. The number of hydrogen-bond donors (Lipinski definition) is 2. The highest BCUT2D eigenvalue weighted by Crippen LogP contribution is 2.65. The van der Waals surface area contributed by atoms with E-state index in [-0.39, 0.29) is 24.1 Å². The van der Waals surface area contributed by atoms with Crippen LogP contribution in [-0.2, 0) is 16.1 Å². The summed E-state index contributed by atoms with van der Waals surface area (Å²) in [5.74, 6) is 1.27. The Bertz CT molecular complexity index is 1060. The molecule has 2 N–H and O–H groups in total. The van der Waals surface area contributed by atoms with Crippen molar-refractivity contribution in [2.24, 2.45) is 16.7 Å². The maximum atomic E-state index is 12.8. The maximum Gasteiger partial charge on any atom is 0.255 e. The van der Waals surface area contributed by atoms with E-state index in [2.05, 4.69) is 37.5 Å². The van der Waals surface area contributed by atoms with Gasteiger partial charge in [-0.25, -0.2) is 0 Å². The molecule has 0 radical (unpaired) electrons. The number of fused-ring (bicyclic) bond motifs is 3. The molecule has 3 fully saturated rings. The van der Waals surface area contributed by atoms with Crippen LogP contribution in [0.25, 0.3) is 0 Å². The molecule has 2 saturated carbocycles. The first-order valence-electron chi connectivity index (χ1n) is 14.3. The van der Waals surface area contributed by atoms with E-state index in [1.807, 2.05) is 23.9 Å². The predicted molar refractivity (Wildman–Crippen MR) is 147 cm³/mol. The molecule has 2 heterocycles. The lowest BCUT2D eigenvalue weighted by atomic mass is 9.69. The van der Waals surface area contributed by atoms with Gasteiger partial charge in [0.25, 0.3) is 5.91 Å². The summed E-state index contributed by atoms with van der Waals surface area (Å²) in [5.41, 5.74) is 2.64. The molecule has 1 saturated heterocycles. The molecule has 37 heavy (non-hydrogen) atoms. The van der Waals surface area contributed by atoms with Gasteiger partial charge in [0.15, 0.2) is 0 Å². The fraction of sp³-hybridized carbons (Fsp3) is 0.700. The number of unbranched alkanes of at least 4 members (excludes halogenated alkanes) is 4. The van der Waals surface area contributed by atoms with Crippen LogP contribution < -0.4 is 10.6 Å². The predicted octanol–water partition coefficient (Wildman–Crippen LogP) is 5.29. The van der Waals surface area contributed by atoms with E-state index >= 15 is 0 Å². The molecule has 5 rings (SSSR count). The van der Waals surface area contributed by atoms with Gasteiger partial charge in [0.1, 0.15) is 6.04 Å². The van der Waals surface area contributed by atoms with Gasteiger partial charge in [0, 0.05) is 29.5 Å². The first kappa shape index (κ1) is 26.7. The van der Waals surface area contributed by atoms with E-state index in [0.717, 1.165) is 23.8 Å². The molecule has 0 aromatic heterocycles. The summed E-state index contributed by atoms with van der Waals surface area (Å²) >= 11 is 1.85. The number of hydrogen-bond acceptors (Lipinski definition) is 5. The Labute approximate surface area is 226 Å². The summed E-state index contributed by atoms with van der Waals surface area (Å²) in [6.45, 7) is 9.09. The molecule has 6 nitrogen and oxygen atoms in total. The molecular formula is C30H43N3O3S. The highest BCUT2D eigenvalue weighted by molar-refractivity contribution is 7.99. The SMILES string of the molecule is CC1(C)[C@@H]2CC[C@@]1(C)[C@@H](NCCCCCCCSc1ccc3c(c1)CN(C1CCC(=O)NC1=O)C3=O)C2. The maximum absolute atomic E-state index is 12.8. The number of nitrogens with zero attached hydrogens (tertiary/aromatic N) is 1. The highest BCUT2D eigenvalue weighted by Gasteiger charge is 2.60. The first-order valence-corrected chi connectivity index (χ1v) is 15.3. The molecule has 1 unspecified atom stereocenters. The van der Waals surface area contributed by atoms with Crippen LogP contribution in [0, 0.1) is 16.7 Å². The summed E-state index contributed by atoms with van der Waals surface area (Å²) in [4.78, 5) is 39.3. The molecule has 2 aliphatic heterocycles. The van der Waals surface area contributed by atoms with Crippen LogP contribution in [0.5, 0.6) is 0 Å².